The molecular formula is C21H31N3O3S. The fourth-order valence-corrected chi connectivity index (χ4v) is 5.74. The number of aromatic amines is 1. The Labute approximate surface area is 167 Å². The highest BCUT2D eigenvalue weighted by Crippen LogP contribution is 2.28. The molecule has 1 amide bonds. The lowest BCUT2D eigenvalue weighted by Crippen LogP contribution is -2.45. The molecule has 0 radical (unpaired) electrons. The summed E-state index contributed by atoms with van der Waals surface area (Å²) in [5, 5.41) is 1.08. The first kappa shape index (κ1) is 20.9. The number of carbonyl (C=O) groups excluding carboxylic acids is 1. The molecule has 2 aromatic rings. The fourth-order valence-electron chi connectivity index (χ4n) is 4.01. The molecule has 1 unspecified atom stereocenters. The zero-order valence-corrected chi connectivity index (χ0v) is 18.3. The molecule has 1 atom stereocenters. The van der Waals surface area contributed by atoms with Crippen molar-refractivity contribution in [2.75, 3.05) is 38.7 Å². The zero-order valence-electron chi connectivity index (χ0n) is 17.5. The van der Waals surface area contributed by atoms with Crippen molar-refractivity contribution in [3.05, 3.63) is 34.5 Å². The number of hydrogen-bond donors (Lipinski definition) is 1. The van der Waals surface area contributed by atoms with E-state index in [-0.39, 0.29) is 29.9 Å². The number of fused-ring (bicyclic) bond motifs is 1. The molecule has 1 aromatic heterocycles. The summed E-state index contributed by atoms with van der Waals surface area (Å²) in [5.41, 5.74) is 5.52. The fraction of sp³-hybridized carbons (Fsp3) is 0.571. The second-order valence-corrected chi connectivity index (χ2v) is 10.5. The van der Waals surface area contributed by atoms with E-state index in [0.29, 0.717) is 19.5 Å². The summed E-state index contributed by atoms with van der Waals surface area (Å²) in [7, 11) is 0.881. The minimum absolute atomic E-state index is 0.00572. The minimum atomic E-state index is -3.04. The summed E-state index contributed by atoms with van der Waals surface area (Å²) in [6.45, 7) is 7.44. The van der Waals surface area contributed by atoms with Crippen LogP contribution < -0.4 is 0 Å². The standard InChI is InChI=1S/C21H31N3O3S/c1-14-6-7-18-19(16(3)22-21(18)15(14)2)12-20(25)24(10-9-23(4)5)17-8-11-28(26,27)13-17/h6-7,17,22H,8-13H2,1-5H3. The van der Waals surface area contributed by atoms with Crippen molar-refractivity contribution in [1.82, 2.24) is 14.8 Å². The van der Waals surface area contributed by atoms with Crippen LogP contribution >= 0.6 is 0 Å². The van der Waals surface area contributed by atoms with Crippen LogP contribution in [-0.2, 0) is 21.1 Å². The third-order valence-corrected chi connectivity index (χ3v) is 7.66. The number of benzene rings is 1. The molecule has 0 spiro atoms. The van der Waals surface area contributed by atoms with Gasteiger partial charge in [-0.15, -0.1) is 0 Å². The molecule has 1 aromatic carbocycles. The highest BCUT2D eigenvalue weighted by molar-refractivity contribution is 7.91. The molecule has 0 aliphatic carbocycles. The quantitative estimate of drug-likeness (QED) is 0.800. The number of nitrogens with zero attached hydrogens (tertiary/aromatic N) is 2. The van der Waals surface area contributed by atoms with Crippen LogP contribution in [0.15, 0.2) is 12.1 Å². The Balaban J connectivity index is 1.88. The van der Waals surface area contributed by atoms with Crippen LogP contribution in [0.25, 0.3) is 10.9 Å². The van der Waals surface area contributed by atoms with Gasteiger partial charge in [0.2, 0.25) is 5.91 Å². The monoisotopic (exact) mass is 405 g/mol. The van der Waals surface area contributed by atoms with Gasteiger partial charge in [0.25, 0.3) is 0 Å². The Bertz CT molecular complexity index is 992. The molecular weight excluding hydrogens is 374 g/mol. The second kappa shape index (κ2) is 7.87. The van der Waals surface area contributed by atoms with Crippen LogP contribution in [0.4, 0.5) is 0 Å². The first-order valence-electron chi connectivity index (χ1n) is 9.81. The summed E-state index contributed by atoms with van der Waals surface area (Å²) in [4.78, 5) is 20.5. The van der Waals surface area contributed by atoms with Crippen molar-refractivity contribution in [2.24, 2.45) is 0 Å². The number of aryl methyl sites for hydroxylation is 3. The van der Waals surface area contributed by atoms with E-state index >= 15 is 0 Å². The lowest BCUT2D eigenvalue weighted by molar-refractivity contribution is -0.132. The highest BCUT2D eigenvalue weighted by atomic mass is 32.2. The average Bonchev–Trinajstić information content (AvgIpc) is 3.11. The van der Waals surface area contributed by atoms with Crippen LogP contribution in [0.1, 0.15) is 28.8 Å². The predicted molar refractivity (Wildman–Crippen MR) is 114 cm³/mol. The smallest absolute Gasteiger partial charge is 0.227 e. The number of likely N-dealkylation sites (N-methyl/N-ethyl adjacent to an activating group) is 1. The van der Waals surface area contributed by atoms with Gasteiger partial charge in [-0.3, -0.25) is 4.79 Å². The van der Waals surface area contributed by atoms with Gasteiger partial charge >= 0.3 is 0 Å². The molecule has 154 valence electrons. The van der Waals surface area contributed by atoms with E-state index in [1.807, 2.05) is 25.9 Å². The number of sulfone groups is 1. The SMILES string of the molecule is Cc1ccc2c(CC(=O)N(CCN(C)C)C3CCS(=O)(=O)C3)c(C)[nH]c2c1C. The van der Waals surface area contributed by atoms with E-state index in [4.69, 9.17) is 0 Å². The Morgan fingerprint density at radius 3 is 2.50 bits per heavy atom. The van der Waals surface area contributed by atoms with E-state index in [0.717, 1.165) is 22.2 Å². The molecule has 1 fully saturated rings. The largest absolute Gasteiger partial charge is 0.358 e. The van der Waals surface area contributed by atoms with Gasteiger partial charge in [0.15, 0.2) is 9.84 Å². The summed E-state index contributed by atoms with van der Waals surface area (Å²) in [6, 6.07) is 3.95. The van der Waals surface area contributed by atoms with Crippen molar-refractivity contribution in [2.45, 2.75) is 39.7 Å². The van der Waals surface area contributed by atoms with Crippen LogP contribution in [-0.4, -0.2) is 73.8 Å². The minimum Gasteiger partial charge on any atom is -0.358 e. The van der Waals surface area contributed by atoms with Crippen molar-refractivity contribution in [1.29, 1.82) is 0 Å². The normalized spacial score (nSPS) is 18.9. The Morgan fingerprint density at radius 1 is 1.18 bits per heavy atom. The van der Waals surface area contributed by atoms with Crippen LogP contribution in [0.5, 0.6) is 0 Å². The van der Waals surface area contributed by atoms with Gasteiger partial charge in [-0.05, 0) is 58.0 Å². The Morgan fingerprint density at radius 2 is 1.89 bits per heavy atom. The Kier molecular flexibility index (Phi) is 5.87. The number of aromatic nitrogens is 1. The van der Waals surface area contributed by atoms with Gasteiger partial charge in [0.05, 0.1) is 17.9 Å². The van der Waals surface area contributed by atoms with Crippen molar-refractivity contribution < 1.29 is 13.2 Å². The molecule has 28 heavy (non-hydrogen) atoms. The predicted octanol–water partition coefficient (Wildman–Crippen LogP) is 2.21. The number of amides is 1. The van der Waals surface area contributed by atoms with Crippen LogP contribution in [0, 0.1) is 20.8 Å². The van der Waals surface area contributed by atoms with Gasteiger partial charge in [0, 0.05) is 35.7 Å². The van der Waals surface area contributed by atoms with Crippen LogP contribution in [0.3, 0.4) is 0 Å². The van der Waals surface area contributed by atoms with E-state index in [9.17, 15) is 13.2 Å². The molecule has 0 bridgehead atoms. The summed E-state index contributed by atoms with van der Waals surface area (Å²) >= 11 is 0. The van der Waals surface area contributed by atoms with Crippen molar-refractivity contribution in [3.63, 3.8) is 0 Å². The molecule has 1 N–H and O–H groups in total. The molecule has 3 rings (SSSR count). The van der Waals surface area contributed by atoms with Crippen molar-refractivity contribution in [3.8, 4) is 0 Å². The lowest BCUT2D eigenvalue weighted by Gasteiger charge is -2.29. The number of carbonyl (C=O) groups is 1. The summed E-state index contributed by atoms with van der Waals surface area (Å²) < 4.78 is 23.9. The number of rotatable bonds is 6. The third-order valence-electron chi connectivity index (χ3n) is 5.91. The topological polar surface area (TPSA) is 73.5 Å². The molecule has 1 aliphatic heterocycles. The van der Waals surface area contributed by atoms with Gasteiger partial charge in [0.1, 0.15) is 0 Å². The maximum Gasteiger partial charge on any atom is 0.227 e. The summed E-state index contributed by atoms with van der Waals surface area (Å²) in [6.07, 6.45) is 0.824. The van der Waals surface area contributed by atoms with Gasteiger partial charge in [-0.1, -0.05) is 12.1 Å². The maximum absolute atomic E-state index is 13.3. The van der Waals surface area contributed by atoms with E-state index < -0.39 is 9.84 Å². The zero-order chi connectivity index (χ0) is 20.6. The van der Waals surface area contributed by atoms with Crippen LogP contribution in [0.2, 0.25) is 0 Å². The molecule has 7 heteroatoms. The van der Waals surface area contributed by atoms with E-state index in [1.54, 1.807) is 4.90 Å². The van der Waals surface area contributed by atoms with Gasteiger partial charge in [-0.25, -0.2) is 8.42 Å². The van der Waals surface area contributed by atoms with E-state index in [1.165, 1.54) is 11.1 Å². The highest BCUT2D eigenvalue weighted by Gasteiger charge is 2.34. The number of hydrogen-bond acceptors (Lipinski definition) is 4. The number of nitrogens with one attached hydrogen (secondary N) is 1. The number of H-pyrrole nitrogens is 1. The van der Waals surface area contributed by atoms with Crippen molar-refractivity contribution >= 4 is 26.6 Å². The van der Waals surface area contributed by atoms with Gasteiger partial charge < -0.3 is 14.8 Å². The maximum atomic E-state index is 13.3. The lowest BCUT2D eigenvalue weighted by atomic mass is 10.0. The molecule has 2 heterocycles. The Hall–Kier alpha value is -1.86. The molecule has 1 saturated heterocycles. The second-order valence-electron chi connectivity index (χ2n) is 8.28. The molecule has 6 nitrogen and oxygen atoms in total. The average molecular weight is 406 g/mol. The third kappa shape index (κ3) is 4.25. The first-order chi connectivity index (χ1) is 13.1. The summed E-state index contributed by atoms with van der Waals surface area (Å²) in [5.74, 6) is 0.261. The molecule has 0 saturated carbocycles. The molecule has 1 aliphatic rings. The first-order valence-corrected chi connectivity index (χ1v) is 11.6. The van der Waals surface area contributed by atoms with Gasteiger partial charge in [-0.2, -0.15) is 0 Å². The van der Waals surface area contributed by atoms with E-state index in [2.05, 4.69) is 31.0 Å².